The molecule has 3 rings (SSSR count). The molecule has 1 aromatic heterocycles. The molecular formula is C18H14Cl2N4O2. The van der Waals surface area contributed by atoms with Gasteiger partial charge in [0.15, 0.2) is 0 Å². The number of hydrogen-bond donors (Lipinski definition) is 2. The van der Waals surface area contributed by atoms with Gasteiger partial charge in [-0.2, -0.15) is 10.2 Å². The van der Waals surface area contributed by atoms with Crippen LogP contribution in [0.4, 0.5) is 0 Å². The zero-order chi connectivity index (χ0) is 18.5. The summed E-state index contributed by atoms with van der Waals surface area (Å²) in [5.41, 5.74) is 4.79. The molecule has 0 bridgehead atoms. The van der Waals surface area contributed by atoms with Crippen molar-refractivity contribution in [3.05, 3.63) is 69.8 Å². The van der Waals surface area contributed by atoms with Crippen molar-refractivity contribution in [1.29, 1.82) is 0 Å². The highest BCUT2D eigenvalue weighted by Crippen LogP contribution is 2.22. The fraction of sp³-hybridized carbons (Fsp3) is 0.0556. The Bertz CT molecular complexity index is 969. The van der Waals surface area contributed by atoms with E-state index >= 15 is 0 Å². The van der Waals surface area contributed by atoms with Crippen molar-refractivity contribution in [3.8, 4) is 17.0 Å². The van der Waals surface area contributed by atoms with Gasteiger partial charge in [0.2, 0.25) is 0 Å². The van der Waals surface area contributed by atoms with Gasteiger partial charge < -0.3 is 4.74 Å². The molecule has 0 saturated heterocycles. The minimum Gasteiger partial charge on any atom is -0.497 e. The van der Waals surface area contributed by atoms with E-state index in [1.54, 1.807) is 31.4 Å². The van der Waals surface area contributed by atoms with Crippen LogP contribution in [0, 0.1) is 0 Å². The highest BCUT2D eigenvalue weighted by molar-refractivity contribution is 6.36. The molecule has 6 nitrogen and oxygen atoms in total. The highest BCUT2D eigenvalue weighted by Gasteiger charge is 2.11. The highest BCUT2D eigenvalue weighted by atomic mass is 35.5. The molecule has 0 aliphatic rings. The predicted octanol–water partition coefficient (Wildman–Crippen LogP) is 4.16. The molecule has 2 N–H and O–H groups in total. The van der Waals surface area contributed by atoms with Crippen molar-refractivity contribution in [3.63, 3.8) is 0 Å². The van der Waals surface area contributed by atoms with E-state index in [2.05, 4.69) is 20.7 Å². The van der Waals surface area contributed by atoms with Crippen molar-refractivity contribution in [2.24, 2.45) is 5.10 Å². The third-order valence-electron chi connectivity index (χ3n) is 3.52. The monoisotopic (exact) mass is 388 g/mol. The summed E-state index contributed by atoms with van der Waals surface area (Å²) in [5.74, 6) is 0.286. The molecule has 0 spiro atoms. The molecule has 0 fully saturated rings. The van der Waals surface area contributed by atoms with Crippen LogP contribution in [-0.2, 0) is 0 Å². The SMILES string of the molecule is COc1cccc(-c2cc(C(=O)NN=Cc3ccc(Cl)cc3Cl)[nH]n2)c1. The number of hydrazone groups is 1. The van der Waals surface area contributed by atoms with E-state index in [9.17, 15) is 4.79 Å². The Morgan fingerprint density at radius 3 is 2.85 bits per heavy atom. The molecule has 1 amide bonds. The Hall–Kier alpha value is -2.83. The van der Waals surface area contributed by atoms with Crippen LogP contribution in [0.5, 0.6) is 5.75 Å². The quantitative estimate of drug-likeness (QED) is 0.508. The number of nitrogens with one attached hydrogen (secondary N) is 2. The van der Waals surface area contributed by atoms with Crippen molar-refractivity contribution in [2.45, 2.75) is 0 Å². The smallest absolute Gasteiger partial charge is 0.289 e. The molecule has 0 saturated carbocycles. The molecule has 1 heterocycles. The number of aromatic amines is 1. The zero-order valence-electron chi connectivity index (χ0n) is 13.7. The lowest BCUT2D eigenvalue weighted by molar-refractivity contribution is 0.0950. The van der Waals surface area contributed by atoms with Crippen LogP contribution in [0.2, 0.25) is 10.0 Å². The lowest BCUT2D eigenvalue weighted by atomic mass is 10.1. The molecule has 0 unspecified atom stereocenters. The van der Waals surface area contributed by atoms with Crippen LogP contribution in [0.25, 0.3) is 11.3 Å². The fourth-order valence-corrected chi connectivity index (χ4v) is 2.65. The van der Waals surface area contributed by atoms with E-state index in [-0.39, 0.29) is 5.69 Å². The number of halogens is 2. The Balaban J connectivity index is 1.69. The molecule has 8 heteroatoms. The number of nitrogens with zero attached hydrogens (tertiary/aromatic N) is 2. The van der Waals surface area contributed by atoms with Gasteiger partial charge in [-0.1, -0.05) is 41.4 Å². The summed E-state index contributed by atoms with van der Waals surface area (Å²) in [6, 6.07) is 14.0. The molecule has 0 atom stereocenters. The minimum absolute atomic E-state index is 0.280. The number of carbonyl (C=O) groups excluding carboxylic acids is 1. The predicted molar refractivity (Wildman–Crippen MR) is 102 cm³/mol. The largest absolute Gasteiger partial charge is 0.497 e. The van der Waals surface area contributed by atoms with Crippen molar-refractivity contribution in [2.75, 3.05) is 7.11 Å². The third-order valence-corrected chi connectivity index (χ3v) is 4.08. The van der Waals surface area contributed by atoms with Crippen LogP contribution < -0.4 is 10.2 Å². The van der Waals surface area contributed by atoms with E-state index in [0.717, 1.165) is 5.56 Å². The summed E-state index contributed by atoms with van der Waals surface area (Å²) in [5, 5.41) is 11.7. The molecule has 132 valence electrons. The van der Waals surface area contributed by atoms with Crippen LogP contribution in [0.15, 0.2) is 53.6 Å². The maximum Gasteiger partial charge on any atom is 0.289 e. The maximum atomic E-state index is 12.2. The number of benzene rings is 2. The van der Waals surface area contributed by atoms with Crippen LogP contribution in [0.1, 0.15) is 16.1 Å². The number of methoxy groups -OCH3 is 1. The summed E-state index contributed by atoms with van der Waals surface area (Å²) < 4.78 is 5.19. The molecule has 0 aliphatic heterocycles. The van der Waals surface area contributed by atoms with E-state index in [0.29, 0.717) is 27.1 Å². The van der Waals surface area contributed by atoms with Gasteiger partial charge in [-0.3, -0.25) is 9.89 Å². The molecule has 0 aliphatic carbocycles. The lowest BCUT2D eigenvalue weighted by Gasteiger charge is -2.01. The minimum atomic E-state index is -0.423. The number of hydrogen-bond acceptors (Lipinski definition) is 4. The number of aromatic nitrogens is 2. The first kappa shape index (κ1) is 18.0. The van der Waals surface area contributed by atoms with Gasteiger partial charge >= 0.3 is 0 Å². The van der Waals surface area contributed by atoms with E-state index < -0.39 is 5.91 Å². The Morgan fingerprint density at radius 1 is 1.23 bits per heavy atom. The van der Waals surface area contributed by atoms with E-state index in [1.165, 1.54) is 6.21 Å². The summed E-state index contributed by atoms with van der Waals surface area (Å²) in [7, 11) is 1.59. The third kappa shape index (κ3) is 4.22. The fourth-order valence-electron chi connectivity index (χ4n) is 2.20. The van der Waals surface area contributed by atoms with Gasteiger partial charge in [-0.15, -0.1) is 0 Å². The normalized spacial score (nSPS) is 10.9. The second-order valence-electron chi connectivity index (χ2n) is 5.26. The number of H-pyrrole nitrogens is 1. The first-order valence-electron chi connectivity index (χ1n) is 7.55. The van der Waals surface area contributed by atoms with Gasteiger partial charge in [0.1, 0.15) is 11.4 Å². The number of ether oxygens (including phenoxy) is 1. The van der Waals surface area contributed by atoms with Crippen molar-refractivity contribution in [1.82, 2.24) is 15.6 Å². The first-order chi connectivity index (χ1) is 12.6. The summed E-state index contributed by atoms with van der Waals surface area (Å²) in [6.45, 7) is 0. The van der Waals surface area contributed by atoms with Crippen molar-refractivity contribution >= 4 is 35.3 Å². The Labute approximate surface area is 159 Å². The van der Waals surface area contributed by atoms with Crippen LogP contribution in [0.3, 0.4) is 0 Å². The van der Waals surface area contributed by atoms with Crippen molar-refractivity contribution < 1.29 is 9.53 Å². The second-order valence-corrected chi connectivity index (χ2v) is 6.11. The lowest BCUT2D eigenvalue weighted by Crippen LogP contribution is -2.18. The summed E-state index contributed by atoms with van der Waals surface area (Å²) >= 11 is 11.9. The molecule has 26 heavy (non-hydrogen) atoms. The van der Waals surface area contributed by atoms with E-state index in [4.69, 9.17) is 27.9 Å². The van der Waals surface area contributed by atoms with Crippen LogP contribution >= 0.6 is 23.2 Å². The van der Waals surface area contributed by atoms with E-state index in [1.807, 2.05) is 24.3 Å². The summed E-state index contributed by atoms with van der Waals surface area (Å²) in [4.78, 5) is 12.2. The maximum absolute atomic E-state index is 12.2. The molecular weight excluding hydrogens is 375 g/mol. The number of carbonyl (C=O) groups is 1. The average molecular weight is 389 g/mol. The number of amides is 1. The van der Waals surface area contributed by atoms with Crippen LogP contribution in [-0.4, -0.2) is 29.4 Å². The molecule has 2 aromatic carbocycles. The van der Waals surface area contributed by atoms with Gasteiger partial charge in [0.05, 0.1) is 24.0 Å². The number of rotatable bonds is 5. The molecule has 0 radical (unpaired) electrons. The van der Waals surface area contributed by atoms with Gasteiger partial charge in [-0.05, 0) is 30.3 Å². The first-order valence-corrected chi connectivity index (χ1v) is 8.30. The second kappa shape index (κ2) is 8.03. The zero-order valence-corrected chi connectivity index (χ0v) is 15.2. The van der Waals surface area contributed by atoms with Gasteiger partial charge in [-0.25, -0.2) is 5.43 Å². The molecule has 3 aromatic rings. The summed E-state index contributed by atoms with van der Waals surface area (Å²) in [6.07, 6.45) is 1.44. The Kier molecular flexibility index (Phi) is 5.55. The standard InChI is InChI=1S/C18H14Cl2N4O2/c1-26-14-4-2-3-11(7-14)16-9-17(23-22-16)18(25)24-21-10-12-5-6-13(19)8-15(12)20/h2-10H,1H3,(H,22,23)(H,24,25). The topological polar surface area (TPSA) is 79.4 Å². The Morgan fingerprint density at radius 2 is 2.08 bits per heavy atom. The van der Waals surface area contributed by atoms with Gasteiger partial charge in [0, 0.05) is 16.1 Å². The van der Waals surface area contributed by atoms with Gasteiger partial charge in [0.25, 0.3) is 5.91 Å². The average Bonchev–Trinajstić information content (AvgIpc) is 3.14.